The van der Waals surface area contributed by atoms with Gasteiger partial charge in [-0.1, -0.05) is 42.5 Å². The van der Waals surface area contributed by atoms with Crippen molar-refractivity contribution in [1.82, 2.24) is 10.2 Å². The summed E-state index contributed by atoms with van der Waals surface area (Å²) in [6.45, 7) is 2.12. The fourth-order valence-electron chi connectivity index (χ4n) is 3.83. The van der Waals surface area contributed by atoms with Crippen molar-refractivity contribution in [3.05, 3.63) is 71.3 Å². The first-order chi connectivity index (χ1) is 13.9. The van der Waals surface area contributed by atoms with Gasteiger partial charge in [0.1, 0.15) is 0 Å². The van der Waals surface area contributed by atoms with Crippen LogP contribution < -0.4 is 5.32 Å². The van der Waals surface area contributed by atoms with Gasteiger partial charge in [0.05, 0.1) is 24.3 Å². The molecular weight excluding hydrogens is 381 g/mol. The predicted molar refractivity (Wildman–Crippen MR) is 105 cm³/mol. The van der Waals surface area contributed by atoms with E-state index in [9.17, 15) is 18.3 Å². The third kappa shape index (κ3) is 6.02. The number of benzene rings is 2. The molecule has 1 saturated heterocycles. The maximum absolute atomic E-state index is 13.1. The van der Waals surface area contributed by atoms with Crippen molar-refractivity contribution >= 4 is 0 Å². The van der Waals surface area contributed by atoms with Crippen LogP contribution in [0.1, 0.15) is 29.2 Å². The Bertz CT molecular complexity index is 770. The summed E-state index contributed by atoms with van der Waals surface area (Å²) in [6, 6.07) is 15.1. The van der Waals surface area contributed by atoms with Crippen molar-refractivity contribution in [1.29, 1.82) is 0 Å². The van der Waals surface area contributed by atoms with Gasteiger partial charge in [0.15, 0.2) is 0 Å². The van der Waals surface area contributed by atoms with Gasteiger partial charge in [-0.15, -0.1) is 0 Å². The molecule has 0 unspecified atom stereocenters. The Kier molecular flexibility index (Phi) is 7.29. The molecule has 7 heteroatoms. The Morgan fingerprint density at radius 1 is 1.17 bits per heavy atom. The van der Waals surface area contributed by atoms with Crippen LogP contribution in [0.2, 0.25) is 0 Å². The number of nitrogens with one attached hydrogen (secondary N) is 1. The van der Waals surface area contributed by atoms with Crippen LogP contribution in [-0.2, 0) is 17.5 Å². The number of ether oxygens (including phenoxy) is 1. The van der Waals surface area contributed by atoms with Gasteiger partial charge in [-0.25, -0.2) is 0 Å². The Morgan fingerprint density at radius 3 is 2.62 bits per heavy atom. The number of hydrogen-bond acceptors (Lipinski definition) is 4. The Labute approximate surface area is 169 Å². The van der Waals surface area contributed by atoms with E-state index < -0.39 is 17.8 Å². The maximum Gasteiger partial charge on any atom is 0.416 e. The smallest absolute Gasteiger partial charge is 0.392 e. The molecule has 0 amide bonds. The summed E-state index contributed by atoms with van der Waals surface area (Å²) in [5.41, 5.74) is 1.03. The molecule has 3 rings (SSSR count). The van der Waals surface area contributed by atoms with Gasteiger partial charge in [-0.05, 0) is 29.7 Å². The minimum Gasteiger partial charge on any atom is -0.392 e. The van der Waals surface area contributed by atoms with Crippen LogP contribution in [0.3, 0.4) is 0 Å². The summed E-state index contributed by atoms with van der Waals surface area (Å²) in [5, 5.41) is 13.5. The topological polar surface area (TPSA) is 44.7 Å². The Hall–Kier alpha value is -1.93. The zero-order chi connectivity index (χ0) is 20.9. The SMILES string of the molecule is COC[C@H](NC[C@H]1C[C@@H](O)CN1Cc1ccccc1)c1cccc(C(F)(F)F)c1. The van der Waals surface area contributed by atoms with Gasteiger partial charge in [0.25, 0.3) is 0 Å². The van der Waals surface area contributed by atoms with Crippen LogP contribution in [0.25, 0.3) is 0 Å². The number of hydrogen-bond donors (Lipinski definition) is 2. The molecule has 1 aliphatic rings. The molecule has 1 heterocycles. The molecule has 158 valence electrons. The maximum atomic E-state index is 13.1. The highest BCUT2D eigenvalue weighted by Gasteiger charge is 2.33. The van der Waals surface area contributed by atoms with Crippen molar-refractivity contribution in [2.75, 3.05) is 26.8 Å². The number of β-amino-alcohol motifs (C(OH)–C–C–N with tert-alkyl or cyclic N) is 1. The van der Waals surface area contributed by atoms with Crippen molar-refractivity contribution in [2.45, 2.75) is 37.3 Å². The lowest BCUT2D eigenvalue weighted by atomic mass is 10.0. The highest BCUT2D eigenvalue weighted by molar-refractivity contribution is 5.28. The highest BCUT2D eigenvalue weighted by Crippen LogP contribution is 2.31. The minimum atomic E-state index is -4.38. The summed E-state index contributed by atoms with van der Waals surface area (Å²) in [6.07, 6.45) is -4.16. The monoisotopic (exact) mass is 408 g/mol. The fraction of sp³-hybridized carbons (Fsp3) is 0.455. The van der Waals surface area contributed by atoms with Crippen LogP contribution in [-0.4, -0.2) is 49.0 Å². The van der Waals surface area contributed by atoms with Crippen molar-refractivity contribution < 1.29 is 23.0 Å². The zero-order valence-corrected chi connectivity index (χ0v) is 16.4. The number of nitrogens with zero attached hydrogens (tertiary/aromatic N) is 1. The quantitative estimate of drug-likeness (QED) is 0.700. The molecule has 2 aromatic rings. The molecule has 0 aliphatic carbocycles. The van der Waals surface area contributed by atoms with Crippen molar-refractivity contribution in [3.8, 4) is 0 Å². The van der Waals surface area contributed by atoms with Gasteiger partial charge >= 0.3 is 6.18 Å². The standard InChI is InChI=1S/C22H27F3N2O2/c1-29-15-21(17-8-5-9-18(10-17)22(23,24)25)26-12-19-11-20(28)14-27(19)13-16-6-3-2-4-7-16/h2-10,19-21,26,28H,11-15H2,1H3/t19-,20-,21+/m1/s1. The summed E-state index contributed by atoms with van der Waals surface area (Å²) >= 11 is 0. The van der Waals surface area contributed by atoms with E-state index in [1.165, 1.54) is 19.2 Å². The molecule has 3 atom stereocenters. The van der Waals surface area contributed by atoms with Crippen molar-refractivity contribution in [2.24, 2.45) is 0 Å². The number of aliphatic hydroxyl groups excluding tert-OH is 1. The lowest BCUT2D eigenvalue weighted by Crippen LogP contribution is -2.39. The van der Waals surface area contributed by atoms with E-state index in [4.69, 9.17) is 4.74 Å². The molecule has 29 heavy (non-hydrogen) atoms. The summed E-state index contributed by atoms with van der Waals surface area (Å²) in [7, 11) is 1.53. The minimum absolute atomic E-state index is 0.0929. The van der Waals surface area contributed by atoms with E-state index in [2.05, 4.69) is 10.2 Å². The number of methoxy groups -OCH3 is 1. The molecule has 0 radical (unpaired) electrons. The summed E-state index contributed by atoms with van der Waals surface area (Å²) in [5.74, 6) is 0. The van der Waals surface area contributed by atoms with Gasteiger partial charge < -0.3 is 15.2 Å². The lowest BCUT2D eigenvalue weighted by Gasteiger charge is -2.27. The van der Waals surface area contributed by atoms with Crippen LogP contribution in [0.15, 0.2) is 54.6 Å². The lowest BCUT2D eigenvalue weighted by molar-refractivity contribution is -0.137. The summed E-state index contributed by atoms with van der Waals surface area (Å²) in [4.78, 5) is 2.21. The number of halogens is 3. The average molecular weight is 408 g/mol. The van der Waals surface area contributed by atoms with Gasteiger partial charge in [0, 0.05) is 32.8 Å². The molecule has 0 bridgehead atoms. The number of likely N-dealkylation sites (tertiary alicyclic amines) is 1. The van der Waals surface area contributed by atoms with Crippen LogP contribution in [0.4, 0.5) is 13.2 Å². The third-order valence-corrected chi connectivity index (χ3v) is 5.28. The second-order valence-corrected chi connectivity index (χ2v) is 7.50. The highest BCUT2D eigenvalue weighted by atomic mass is 19.4. The fourth-order valence-corrected chi connectivity index (χ4v) is 3.83. The second kappa shape index (κ2) is 9.71. The molecule has 4 nitrogen and oxygen atoms in total. The number of rotatable bonds is 8. The largest absolute Gasteiger partial charge is 0.416 e. The van der Waals surface area contributed by atoms with E-state index in [-0.39, 0.29) is 18.7 Å². The molecule has 2 aromatic carbocycles. The van der Waals surface area contributed by atoms with E-state index in [1.807, 2.05) is 30.3 Å². The van der Waals surface area contributed by atoms with Crippen LogP contribution in [0.5, 0.6) is 0 Å². The van der Waals surface area contributed by atoms with E-state index >= 15 is 0 Å². The molecule has 2 N–H and O–H groups in total. The average Bonchev–Trinajstić information content (AvgIpc) is 3.04. The van der Waals surface area contributed by atoms with Crippen LogP contribution in [0, 0.1) is 0 Å². The van der Waals surface area contributed by atoms with Gasteiger partial charge in [0.2, 0.25) is 0 Å². The van der Waals surface area contributed by atoms with E-state index in [0.717, 1.165) is 18.2 Å². The number of aliphatic hydroxyl groups is 1. The molecule has 1 fully saturated rings. The predicted octanol–water partition coefficient (Wildman–Crippen LogP) is 3.62. The molecular formula is C22H27F3N2O2. The molecule has 0 spiro atoms. The van der Waals surface area contributed by atoms with Gasteiger partial charge in [-0.2, -0.15) is 13.2 Å². The Balaban J connectivity index is 1.67. The Morgan fingerprint density at radius 2 is 1.93 bits per heavy atom. The molecule has 1 aliphatic heterocycles. The first kappa shape index (κ1) is 21.8. The molecule has 0 aromatic heterocycles. The zero-order valence-electron chi connectivity index (χ0n) is 16.4. The van der Waals surface area contributed by atoms with Gasteiger partial charge in [-0.3, -0.25) is 4.90 Å². The van der Waals surface area contributed by atoms with Crippen molar-refractivity contribution in [3.63, 3.8) is 0 Å². The number of alkyl halides is 3. The van der Waals surface area contributed by atoms with Crippen LogP contribution >= 0.6 is 0 Å². The third-order valence-electron chi connectivity index (χ3n) is 5.28. The first-order valence-electron chi connectivity index (χ1n) is 9.72. The first-order valence-corrected chi connectivity index (χ1v) is 9.72. The second-order valence-electron chi connectivity index (χ2n) is 7.50. The van der Waals surface area contributed by atoms with E-state index in [1.54, 1.807) is 6.07 Å². The molecule has 0 saturated carbocycles. The summed E-state index contributed by atoms with van der Waals surface area (Å²) < 4.78 is 44.4. The van der Waals surface area contributed by atoms with E-state index in [0.29, 0.717) is 25.1 Å². The normalized spacial score (nSPS) is 21.4.